The van der Waals surface area contributed by atoms with Crippen molar-refractivity contribution in [1.82, 2.24) is 20.0 Å². The summed E-state index contributed by atoms with van der Waals surface area (Å²) in [5.74, 6) is 1.31. The van der Waals surface area contributed by atoms with Gasteiger partial charge in [-0.05, 0) is 51.0 Å². The van der Waals surface area contributed by atoms with Crippen LogP contribution in [-0.4, -0.2) is 86.0 Å². The molecule has 0 bridgehead atoms. The molecule has 2 heterocycles. The second-order valence-electron chi connectivity index (χ2n) is 6.93. The van der Waals surface area contributed by atoms with E-state index >= 15 is 0 Å². The summed E-state index contributed by atoms with van der Waals surface area (Å²) in [6, 6.07) is 3.47. The van der Waals surface area contributed by atoms with E-state index in [-0.39, 0.29) is 29.9 Å². The van der Waals surface area contributed by atoms with Crippen molar-refractivity contribution in [3.8, 4) is 0 Å². The zero-order valence-corrected chi connectivity index (χ0v) is 19.9. The smallest absolute Gasteiger partial charge is 0.289 e. The molecule has 1 aromatic heterocycles. The van der Waals surface area contributed by atoms with Crippen molar-refractivity contribution in [2.24, 2.45) is 4.99 Å². The highest BCUT2D eigenvalue weighted by Gasteiger charge is 2.25. The van der Waals surface area contributed by atoms with Gasteiger partial charge in [-0.3, -0.25) is 9.79 Å². The lowest BCUT2D eigenvalue weighted by Gasteiger charge is -2.36. The molecule has 0 unspecified atom stereocenters. The number of carbonyl (C=O) groups excluding carboxylic acids is 1. The molecule has 0 aromatic carbocycles. The van der Waals surface area contributed by atoms with Gasteiger partial charge >= 0.3 is 0 Å². The van der Waals surface area contributed by atoms with E-state index in [4.69, 9.17) is 4.42 Å². The number of carbonyl (C=O) groups is 1. The van der Waals surface area contributed by atoms with E-state index in [1.807, 2.05) is 11.9 Å². The summed E-state index contributed by atoms with van der Waals surface area (Å²) in [5.41, 5.74) is 0. The maximum absolute atomic E-state index is 12.4. The molecular formula is C20H36IN5O2. The zero-order valence-electron chi connectivity index (χ0n) is 17.5. The van der Waals surface area contributed by atoms with Crippen LogP contribution in [0, 0.1) is 0 Å². The van der Waals surface area contributed by atoms with Gasteiger partial charge in [0.15, 0.2) is 11.7 Å². The number of piperazine rings is 1. The van der Waals surface area contributed by atoms with Gasteiger partial charge in [-0.15, -0.1) is 24.0 Å². The Balaban J connectivity index is 0.00000392. The first kappa shape index (κ1) is 24.7. The van der Waals surface area contributed by atoms with E-state index in [0.29, 0.717) is 18.8 Å². The Hall–Kier alpha value is -1.29. The lowest BCUT2D eigenvalue weighted by Crippen LogP contribution is -2.54. The monoisotopic (exact) mass is 505 g/mol. The van der Waals surface area contributed by atoms with Crippen molar-refractivity contribution in [2.75, 3.05) is 59.4 Å². The summed E-state index contributed by atoms with van der Waals surface area (Å²) in [6.07, 6.45) is 5.06. The highest BCUT2D eigenvalue weighted by molar-refractivity contribution is 14.0. The number of nitrogens with one attached hydrogen (secondary N) is 1. The molecule has 160 valence electrons. The number of furan rings is 1. The Kier molecular flexibility index (Phi) is 12.2. The molecule has 1 saturated heterocycles. The second-order valence-corrected chi connectivity index (χ2v) is 6.93. The van der Waals surface area contributed by atoms with Crippen LogP contribution in [0.25, 0.3) is 0 Å². The molecule has 0 aliphatic carbocycles. The Morgan fingerprint density at radius 2 is 1.79 bits per heavy atom. The molecule has 0 spiro atoms. The van der Waals surface area contributed by atoms with Crippen LogP contribution in [0.4, 0.5) is 0 Å². The first-order valence-electron chi connectivity index (χ1n) is 10.2. The van der Waals surface area contributed by atoms with Crippen LogP contribution in [0.2, 0.25) is 0 Å². The average molecular weight is 505 g/mol. The van der Waals surface area contributed by atoms with E-state index in [0.717, 1.165) is 38.6 Å². The minimum Gasteiger partial charge on any atom is -0.459 e. The highest BCUT2D eigenvalue weighted by Crippen LogP contribution is 2.09. The maximum Gasteiger partial charge on any atom is 0.289 e. The summed E-state index contributed by atoms with van der Waals surface area (Å²) < 4.78 is 5.22. The topological polar surface area (TPSA) is 64.3 Å². The van der Waals surface area contributed by atoms with Gasteiger partial charge in [-0.25, -0.2) is 0 Å². The van der Waals surface area contributed by atoms with Gasteiger partial charge in [0, 0.05) is 39.8 Å². The molecule has 0 atom stereocenters. The van der Waals surface area contributed by atoms with E-state index in [9.17, 15) is 4.79 Å². The van der Waals surface area contributed by atoms with Crippen LogP contribution in [0.3, 0.4) is 0 Å². The highest BCUT2D eigenvalue weighted by atomic mass is 127. The van der Waals surface area contributed by atoms with Crippen molar-refractivity contribution in [3.63, 3.8) is 0 Å². The van der Waals surface area contributed by atoms with Crippen LogP contribution in [-0.2, 0) is 0 Å². The molecule has 28 heavy (non-hydrogen) atoms. The van der Waals surface area contributed by atoms with Crippen molar-refractivity contribution >= 4 is 35.8 Å². The third-order valence-electron chi connectivity index (χ3n) is 4.82. The van der Waals surface area contributed by atoms with Crippen LogP contribution in [0.1, 0.15) is 43.7 Å². The molecule has 1 fully saturated rings. The zero-order chi connectivity index (χ0) is 19.5. The van der Waals surface area contributed by atoms with Crippen molar-refractivity contribution in [1.29, 1.82) is 0 Å². The molecule has 1 aliphatic rings. The summed E-state index contributed by atoms with van der Waals surface area (Å²) in [4.78, 5) is 23.4. The molecule has 8 heteroatoms. The fraction of sp³-hybridized carbons (Fsp3) is 0.700. The second kappa shape index (κ2) is 13.8. The van der Waals surface area contributed by atoms with Gasteiger partial charge in [-0.2, -0.15) is 0 Å². The average Bonchev–Trinajstić information content (AvgIpc) is 3.23. The number of amides is 1. The molecule has 1 aromatic rings. The summed E-state index contributed by atoms with van der Waals surface area (Å²) in [7, 11) is 1.82. The minimum absolute atomic E-state index is 0. The Morgan fingerprint density at radius 1 is 1.14 bits per heavy atom. The standard InChI is InChI=1S/C20H35N5O2.HI/c1-4-10-23(11-5-2)12-7-9-22-20(21-3)25-15-13-24(14-16-25)19(26)18-8-6-17-27-18;/h6,8,17H,4-5,7,9-16H2,1-3H3,(H,21,22);1H. The number of rotatable bonds is 9. The predicted molar refractivity (Wildman–Crippen MR) is 125 cm³/mol. The first-order chi connectivity index (χ1) is 13.2. The quantitative estimate of drug-likeness (QED) is 0.242. The van der Waals surface area contributed by atoms with E-state index in [2.05, 4.69) is 34.0 Å². The number of hydrogen-bond donors (Lipinski definition) is 1. The number of halogens is 1. The van der Waals surface area contributed by atoms with Crippen molar-refractivity contribution < 1.29 is 9.21 Å². The minimum atomic E-state index is -0.0328. The Morgan fingerprint density at radius 3 is 2.32 bits per heavy atom. The molecule has 2 rings (SSSR count). The van der Waals surface area contributed by atoms with Crippen LogP contribution < -0.4 is 5.32 Å². The molecule has 0 saturated carbocycles. The Bertz CT molecular complexity index is 565. The largest absolute Gasteiger partial charge is 0.459 e. The first-order valence-corrected chi connectivity index (χ1v) is 10.2. The number of aliphatic imine (C=N–C) groups is 1. The van der Waals surface area contributed by atoms with E-state index in [1.165, 1.54) is 32.2 Å². The van der Waals surface area contributed by atoms with Crippen LogP contribution in [0.5, 0.6) is 0 Å². The third kappa shape index (κ3) is 7.62. The van der Waals surface area contributed by atoms with Gasteiger partial charge < -0.3 is 24.4 Å². The van der Waals surface area contributed by atoms with Gasteiger partial charge in [0.1, 0.15) is 0 Å². The molecule has 0 radical (unpaired) electrons. The fourth-order valence-corrected chi connectivity index (χ4v) is 3.48. The molecular weight excluding hydrogens is 469 g/mol. The van der Waals surface area contributed by atoms with Gasteiger partial charge in [-0.1, -0.05) is 13.8 Å². The summed E-state index contributed by atoms with van der Waals surface area (Å²) in [5, 5.41) is 3.48. The lowest BCUT2D eigenvalue weighted by molar-refractivity contribution is 0.0657. The summed E-state index contributed by atoms with van der Waals surface area (Å²) in [6.45, 7) is 11.8. The molecule has 1 aliphatic heterocycles. The number of nitrogens with zero attached hydrogens (tertiary/aromatic N) is 4. The fourth-order valence-electron chi connectivity index (χ4n) is 3.48. The molecule has 7 nitrogen and oxygen atoms in total. The number of hydrogen-bond acceptors (Lipinski definition) is 4. The van der Waals surface area contributed by atoms with Gasteiger partial charge in [0.2, 0.25) is 0 Å². The SMILES string of the molecule is CCCN(CCC)CCCNC(=NC)N1CCN(C(=O)c2ccco2)CC1.I. The number of guanidine groups is 1. The maximum atomic E-state index is 12.4. The summed E-state index contributed by atoms with van der Waals surface area (Å²) >= 11 is 0. The molecule has 1 amide bonds. The molecule has 1 N–H and O–H groups in total. The van der Waals surface area contributed by atoms with Crippen molar-refractivity contribution in [2.45, 2.75) is 33.1 Å². The normalized spacial score (nSPS) is 14.9. The Labute approximate surface area is 186 Å². The lowest BCUT2D eigenvalue weighted by atomic mass is 10.3. The van der Waals surface area contributed by atoms with Crippen LogP contribution >= 0.6 is 24.0 Å². The van der Waals surface area contributed by atoms with Crippen molar-refractivity contribution in [3.05, 3.63) is 24.2 Å². The predicted octanol–water partition coefficient (Wildman–Crippen LogP) is 2.74. The third-order valence-corrected chi connectivity index (χ3v) is 4.82. The van der Waals surface area contributed by atoms with E-state index in [1.54, 1.807) is 12.1 Å². The van der Waals surface area contributed by atoms with Crippen LogP contribution in [0.15, 0.2) is 27.8 Å². The van der Waals surface area contributed by atoms with E-state index < -0.39 is 0 Å². The van der Waals surface area contributed by atoms with Gasteiger partial charge in [0.25, 0.3) is 5.91 Å². The van der Waals surface area contributed by atoms with Gasteiger partial charge in [0.05, 0.1) is 6.26 Å².